The fourth-order valence-electron chi connectivity index (χ4n) is 3.70. The van der Waals surface area contributed by atoms with Crippen LogP contribution >= 0.6 is 0 Å². The summed E-state index contributed by atoms with van der Waals surface area (Å²) in [7, 11) is 0. The summed E-state index contributed by atoms with van der Waals surface area (Å²) in [5.74, 6) is -0.725. The number of nitrogens with one attached hydrogen (secondary N) is 3. The second-order valence-corrected chi connectivity index (χ2v) is 9.02. The van der Waals surface area contributed by atoms with Crippen molar-refractivity contribution in [3.05, 3.63) is 65.7 Å². The Morgan fingerprint density at radius 1 is 0.912 bits per heavy atom. The van der Waals surface area contributed by atoms with Crippen molar-refractivity contribution in [2.24, 2.45) is 5.92 Å². The van der Waals surface area contributed by atoms with Crippen molar-refractivity contribution in [2.45, 2.75) is 57.9 Å². The lowest BCUT2D eigenvalue weighted by Crippen LogP contribution is -2.49. The molecule has 1 heterocycles. The van der Waals surface area contributed by atoms with Crippen molar-refractivity contribution < 1.29 is 24.2 Å². The standard InChI is InChI=1S/C26H33N3O5/c1-16(2)15-21(24(31)28-17(3)19-7-5-4-6-8-19)29-26(33)23-22(34-23)25(32)27-14-13-18-9-11-20(30)12-10-18/h4-12,16-17,21-23,30H,13-15H2,1-3H3,(H,27,32)(H,28,31)(H,29,33)/t17-,21+,22+,23+/m1/s1. The predicted octanol–water partition coefficient (Wildman–Crippen LogP) is 2.23. The third-order valence-electron chi connectivity index (χ3n) is 5.66. The van der Waals surface area contributed by atoms with E-state index in [9.17, 15) is 19.5 Å². The van der Waals surface area contributed by atoms with Crippen molar-refractivity contribution in [3.8, 4) is 5.75 Å². The zero-order valence-corrected chi connectivity index (χ0v) is 19.8. The van der Waals surface area contributed by atoms with E-state index in [1.165, 1.54) is 0 Å². The fraction of sp³-hybridized carbons (Fsp3) is 0.423. The number of hydrogen-bond acceptors (Lipinski definition) is 5. The van der Waals surface area contributed by atoms with Crippen molar-refractivity contribution >= 4 is 17.7 Å². The van der Waals surface area contributed by atoms with Crippen LogP contribution in [0.15, 0.2) is 54.6 Å². The Labute approximate surface area is 200 Å². The van der Waals surface area contributed by atoms with E-state index < -0.39 is 24.2 Å². The molecule has 0 radical (unpaired) electrons. The molecule has 1 saturated heterocycles. The Morgan fingerprint density at radius 3 is 2.21 bits per heavy atom. The van der Waals surface area contributed by atoms with Crippen LogP contribution in [0.2, 0.25) is 0 Å². The van der Waals surface area contributed by atoms with Crippen LogP contribution in [0.1, 0.15) is 44.4 Å². The highest BCUT2D eigenvalue weighted by molar-refractivity contribution is 5.97. The number of hydrogen-bond donors (Lipinski definition) is 4. The van der Waals surface area contributed by atoms with E-state index in [2.05, 4.69) is 16.0 Å². The van der Waals surface area contributed by atoms with Gasteiger partial charge in [-0.3, -0.25) is 14.4 Å². The Bertz CT molecular complexity index is 978. The second kappa shape index (κ2) is 11.7. The van der Waals surface area contributed by atoms with E-state index in [4.69, 9.17) is 4.74 Å². The lowest BCUT2D eigenvalue weighted by molar-refractivity contribution is -0.130. The molecule has 3 amide bonds. The maximum absolute atomic E-state index is 12.9. The lowest BCUT2D eigenvalue weighted by Gasteiger charge is -2.22. The van der Waals surface area contributed by atoms with Gasteiger partial charge in [0.15, 0.2) is 12.2 Å². The number of phenols is 1. The Kier molecular flexibility index (Phi) is 8.65. The van der Waals surface area contributed by atoms with Gasteiger partial charge in [-0.05, 0) is 48.9 Å². The van der Waals surface area contributed by atoms with Gasteiger partial charge in [0.25, 0.3) is 11.8 Å². The lowest BCUT2D eigenvalue weighted by atomic mass is 10.0. The normalized spacial score (nSPS) is 18.6. The molecule has 3 rings (SSSR count). The topological polar surface area (TPSA) is 120 Å². The molecule has 4 N–H and O–H groups in total. The van der Waals surface area contributed by atoms with Gasteiger partial charge < -0.3 is 25.8 Å². The summed E-state index contributed by atoms with van der Waals surface area (Å²) >= 11 is 0. The van der Waals surface area contributed by atoms with E-state index >= 15 is 0 Å². The first kappa shape index (κ1) is 25.2. The minimum absolute atomic E-state index is 0.183. The van der Waals surface area contributed by atoms with Gasteiger partial charge in [0.05, 0.1) is 6.04 Å². The molecule has 8 heteroatoms. The van der Waals surface area contributed by atoms with Crippen LogP contribution in [-0.2, 0) is 25.5 Å². The van der Waals surface area contributed by atoms with Crippen LogP contribution in [0.3, 0.4) is 0 Å². The molecule has 1 fully saturated rings. The minimum atomic E-state index is -0.900. The zero-order chi connectivity index (χ0) is 24.7. The van der Waals surface area contributed by atoms with Gasteiger partial charge in [-0.25, -0.2) is 0 Å². The van der Waals surface area contributed by atoms with Gasteiger partial charge >= 0.3 is 0 Å². The van der Waals surface area contributed by atoms with E-state index in [0.717, 1.165) is 11.1 Å². The quantitative estimate of drug-likeness (QED) is 0.378. The van der Waals surface area contributed by atoms with Crippen LogP contribution in [0.25, 0.3) is 0 Å². The van der Waals surface area contributed by atoms with Crippen LogP contribution in [-0.4, -0.2) is 47.6 Å². The van der Waals surface area contributed by atoms with Gasteiger partial charge in [0, 0.05) is 6.54 Å². The van der Waals surface area contributed by atoms with Crippen LogP contribution in [0.5, 0.6) is 5.75 Å². The molecule has 0 saturated carbocycles. The zero-order valence-electron chi connectivity index (χ0n) is 19.8. The first-order valence-electron chi connectivity index (χ1n) is 11.6. The third-order valence-corrected chi connectivity index (χ3v) is 5.66. The average molecular weight is 468 g/mol. The molecule has 0 aliphatic carbocycles. The highest BCUT2D eigenvalue weighted by Gasteiger charge is 2.50. The molecule has 8 nitrogen and oxygen atoms in total. The Morgan fingerprint density at radius 2 is 1.56 bits per heavy atom. The first-order valence-corrected chi connectivity index (χ1v) is 11.6. The third kappa shape index (κ3) is 7.31. The Hall–Kier alpha value is -3.39. The molecule has 182 valence electrons. The molecule has 1 aliphatic heterocycles. The smallest absolute Gasteiger partial charge is 0.253 e. The van der Waals surface area contributed by atoms with E-state index in [1.54, 1.807) is 24.3 Å². The first-order chi connectivity index (χ1) is 16.2. The Balaban J connectivity index is 1.47. The number of carbonyl (C=O) groups is 3. The number of epoxide rings is 1. The second-order valence-electron chi connectivity index (χ2n) is 9.02. The molecule has 2 aromatic carbocycles. The number of aromatic hydroxyl groups is 1. The molecular weight excluding hydrogens is 434 g/mol. The predicted molar refractivity (Wildman–Crippen MR) is 128 cm³/mol. The summed E-state index contributed by atoms with van der Waals surface area (Å²) < 4.78 is 5.31. The van der Waals surface area contributed by atoms with Crippen LogP contribution in [0.4, 0.5) is 0 Å². The summed E-state index contributed by atoms with van der Waals surface area (Å²) in [5, 5.41) is 17.8. The number of amides is 3. The van der Waals surface area contributed by atoms with Crippen molar-refractivity contribution in [1.82, 2.24) is 16.0 Å². The summed E-state index contributed by atoms with van der Waals surface area (Å²) in [6.07, 6.45) is -0.699. The molecule has 0 unspecified atom stereocenters. The van der Waals surface area contributed by atoms with Gasteiger partial charge in [-0.15, -0.1) is 0 Å². The highest BCUT2D eigenvalue weighted by Crippen LogP contribution is 2.23. The number of benzene rings is 2. The molecular formula is C26H33N3O5. The molecule has 0 aromatic heterocycles. The number of phenolic OH excluding ortho intramolecular Hbond substituents is 1. The van der Waals surface area contributed by atoms with E-state index in [-0.39, 0.29) is 29.5 Å². The molecule has 1 aliphatic rings. The number of carbonyl (C=O) groups excluding carboxylic acids is 3. The maximum atomic E-state index is 12.9. The highest BCUT2D eigenvalue weighted by atomic mass is 16.6. The summed E-state index contributed by atoms with van der Waals surface area (Å²) in [5.41, 5.74) is 1.94. The number of rotatable bonds is 11. The summed E-state index contributed by atoms with van der Waals surface area (Å²) in [6, 6.07) is 15.4. The monoisotopic (exact) mass is 467 g/mol. The minimum Gasteiger partial charge on any atom is -0.508 e. The van der Waals surface area contributed by atoms with Crippen molar-refractivity contribution in [3.63, 3.8) is 0 Å². The largest absolute Gasteiger partial charge is 0.508 e. The van der Waals surface area contributed by atoms with Gasteiger partial charge in [0.2, 0.25) is 5.91 Å². The molecule has 0 bridgehead atoms. The molecule has 2 aromatic rings. The van der Waals surface area contributed by atoms with Gasteiger partial charge in [-0.2, -0.15) is 0 Å². The maximum Gasteiger partial charge on any atom is 0.253 e. The van der Waals surface area contributed by atoms with Crippen molar-refractivity contribution in [1.29, 1.82) is 0 Å². The van der Waals surface area contributed by atoms with Crippen LogP contribution in [0, 0.1) is 5.92 Å². The fourth-order valence-corrected chi connectivity index (χ4v) is 3.70. The van der Waals surface area contributed by atoms with E-state index in [1.807, 2.05) is 51.1 Å². The van der Waals surface area contributed by atoms with Gasteiger partial charge in [0.1, 0.15) is 11.8 Å². The summed E-state index contributed by atoms with van der Waals surface area (Å²) in [6.45, 7) is 6.23. The van der Waals surface area contributed by atoms with Gasteiger partial charge in [-0.1, -0.05) is 56.3 Å². The van der Waals surface area contributed by atoms with E-state index in [0.29, 0.717) is 19.4 Å². The molecule has 34 heavy (non-hydrogen) atoms. The average Bonchev–Trinajstić information content (AvgIpc) is 3.61. The molecule has 0 spiro atoms. The van der Waals surface area contributed by atoms with Crippen molar-refractivity contribution in [2.75, 3.05) is 6.54 Å². The van der Waals surface area contributed by atoms with Crippen LogP contribution < -0.4 is 16.0 Å². The number of ether oxygens (including phenoxy) is 1. The summed E-state index contributed by atoms with van der Waals surface area (Å²) in [4.78, 5) is 37.9. The molecule has 4 atom stereocenters. The SMILES string of the molecule is CC(C)C[C@H](NC(=O)[C@H]1O[C@@H]1C(=O)NCCc1ccc(O)cc1)C(=O)N[C@H](C)c1ccccc1.